The van der Waals surface area contributed by atoms with E-state index >= 15 is 0 Å². The predicted octanol–water partition coefficient (Wildman–Crippen LogP) is 5.07. The summed E-state index contributed by atoms with van der Waals surface area (Å²) in [7, 11) is -3.27. The summed E-state index contributed by atoms with van der Waals surface area (Å²) >= 11 is 0. The number of sulfone groups is 1. The Kier molecular flexibility index (Phi) is 9.03. The molecule has 1 aliphatic carbocycles. The molecule has 1 aromatic carbocycles. The summed E-state index contributed by atoms with van der Waals surface area (Å²) in [6.07, 6.45) is 10.1. The summed E-state index contributed by atoms with van der Waals surface area (Å²) in [5.41, 5.74) is -1.56. The molecule has 0 unspecified atom stereocenters. The zero-order chi connectivity index (χ0) is 24.8. The Hall–Kier alpha value is -2.07. The Morgan fingerprint density at radius 1 is 1.15 bits per heavy atom. The lowest BCUT2D eigenvalue weighted by Crippen LogP contribution is -2.36. The SMILES string of the molecule is CC(C)(F)c1noc(N2CCC(COC3CCCCC3)CC2)n1.CS(=O)(=O)c1cccc(F)c1. The number of halogens is 2. The van der Waals surface area contributed by atoms with E-state index in [-0.39, 0.29) is 10.7 Å². The predicted molar refractivity (Wildman–Crippen MR) is 126 cm³/mol. The van der Waals surface area contributed by atoms with Crippen molar-refractivity contribution in [3.05, 3.63) is 35.9 Å². The van der Waals surface area contributed by atoms with Crippen LogP contribution in [0.4, 0.5) is 14.8 Å². The molecule has 0 radical (unpaired) electrons. The number of benzene rings is 1. The van der Waals surface area contributed by atoms with E-state index in [4.69, 9.17) is 9.26 Å². The summed E-state index contributed by atoms with van der Waals surface area (Å²) in [5, 5.41) is 3.75. The minimum Gasteiger partial charge on any atom is -0.378 e. The monoisotopic (exact) mass is 499 g/mol. The molecule has 2 aromatic rings. The molecular formula is C24H35F2N3O4S. The molecule has 7 nitrogen and oxygen atoms in total. The van der Waals surface area contributed by atoms with Crippen molar-refractivity contribution in [2.45, 2.75) is 75.5 Å². The quantitative estimate of drug-likeness (QED) is 0.549. The van der Waals surface area contributed by atoms with E-state index in [9.17, 15) is 17.2 Å². The van der Waals surface area contributed by atoms with Crippen LogP contribution in [0.3, 0.4) is 0 Å². The van der Waals surface area contributed by atoms with Gasteiger partial charge in [0.25, 0.3) is 0 Å². The van der Waals surface area contributed by atoms with Gasteiger partial charge < -0.3 is 14.2 Å². The zero-order valence-electron chi connectivity index (χ0n) is 20.2. The molecule has 34 heavy (non-hydrogen) atoms. The number of piperidine rings is 1. The van der Waals surface area contributed by atoms with Crippen molar-refractivity contribution in [1.82, 2.24) is 10.1 Å². The number of hydrogen-bond donors (Lipinski definition) is 0. The van der Waals surface area contributed by atoms with Gasteiger partial charge in [0.1, 0.15) is 5.82 Å². The van der Waals surface area contributed by atoms with E-state index in [1.54, 1.807) is 0 Å². The van der Waals surface area contributed by atoms with Gasteiger partial charge in [0.05, 0.1) is 11.0 Å². The molecule has 0 N–H and O–H groups in total. The topological polar surface area (TPSA) is 85.5 Å². The van der Waals surface area contributed by atoms with Crippen molar-refractivity contribution in [2.75, 3.05) is 30.9 Å². The van der Waals surface area contributed by atoms with E-state index in [2.05, 4.69) is 15.0 Å². The maximum absolute atomic E-state index is 13.8. The first-order valence-corrected chi connectivity index (χ1v) is 13.8. The van der Waals surface area contributed by atoms with Crippen LogP contribution in [0.15, 0.2) is 33.7 Å². The number of hydrogen-bond acceptors (Lipinski definition) is 7. The Morgan fingerprint density at radius 2 is 1.82 bits per heavy atom. The van der Waals surface area contributed by atoms with E-state index in [0.717, 1.165) is 44.9 Å². The highest BCUT2D eigenvalue weighted by Crippen LogP contribution is 2.28. The smallest absolute Gasteiger partial charge is 0.324 e. The molecule has 0 spiro atoms. The summed E-state index contributed by atoms with van der Waals surface area (Å²) < 4.78 is 59.2. The summed E-state index contributed by atoms with van der Waals surface area (Å²) in [4.78, 5) is 6.26. The Morgan fingerprint density at radius 3 is 2.35 bits per heavy atom. The fourth-order valence-electron chi connectivity index (χ4n) is 4.08. The van der Waals surface area contributed by atoms with Crippen LogP contribution >= 0.6 is 0 Å². The van der Waals surface area contributed by atoms with Gasteiger partial charge in [-0.15, -0.1) is 0 Å². The van der Waals surface area contributed by atoms with Gasteiger partial charge in [0.15, 0.2) is 15.5 Å². The van der Waals surface area contributed by atoms with Crippen LogP contribution in [-0.4, -0.2) is 50.6 Å². The van der Waals surface area contributed by atoms with Crippen LogP contribution in [0.1, 0.15) is 64.6 Å². The maximum Gasteiger partial charge on any atom is 0.324 e. The first-order chi connectivity index (χ1) is 16.0. The Balaban J connectivity index is 0.000000248. The minimum absolute atomic E-state index is 0.0116. The number of nitrogens with zero attached hydrogens (tertiary/aromatic N) is 3. The van der Waals surface area contributed by atoms with Gasteiger partial charge in [0, 0.05) is 26.0 Å². The average molecular weight is 500 g/mol. The molecule has 1 aliphatic heterocycles. The fourth-order valence-corrected chi connectivity index (χ4v) is 4.73. The number of alkyl halides is 1. The highest BCUT2D eigenvalue weighted by atomic mass is 32.2. The van der Waals surface area contributed by atoms with Crippen LogP contribution in [0.5, 0.6) is 0 Å². The van der Waals surface area contributed by atoms with Gasteiger partial charge >= 0.3 is 6.01 Å². The molecule has 0 amide bonds. The lowest BCUT2D eigenvalue weighted by molar-refractivity contribution is 0.00342. The summed E-state index contributed by atoms with van der Waals surface area (Å²) in [5.74, 6) is 0.191. The number of ether oxygens (including phenoxy) is 1. The minimum atomic E-state index is -3.27. The van der Waals surface area contributed by atoms with Crippen molar-refractivity contribution in [3.8, 4) is 0 Å². The third kappa shape index (κ3) is 8.01. The molecule has 10 heteroatoms. The number of anilines is 1. The number of aromatic nitrogens is 2. The van der Waals surface area contributed by atoms with Crippen LogP contribution in [0.25, 0.3) is 0 Å². The second-order valence-corrected chi connectivity index (χ2v) is 11.6. The molecule has 2 fully saturated rings. The molecule has 0 atom stereocenters. The van der Waals surface area contributed by atoms with E-state index in [1.165, 1.54) is 64.2 Å². The van der Waals surface area contributed by atoms with Crippen molar-refractivity contribution < 1.29 is 26.5 Å². The molecule has 1 saturated heterocycles. The lowest BCUT2D eigenvalue weighted by Gasteiger charge is -2.32. The second-order valence-electron chi connectivity index (χ2n) is 9.63. The third-order valence-electron chi connectivity index (χ3n) is 6.18. The molecule has 2 heterocycles. The highest BCUT2D eigenvalue weighted by Gasteiger charge is 2.29. The first-order valence-electron chi connectivity index (χ1n) is 11.9. The van der Waals surface area contributed by atoms with Gasteiger partial charge in [-0.2, -0.15) is 4.98 Å². The van der Waals surface area contributed by atoms with Gasteiger partial charge in [-0.1, -0.05) is 30.5 Å². The average Bonchev–Trinajstić information content (AvgIpc) is 3.30. The Labute approximate surface area is 200 Å². The molecular weight excluding hydrogens is 464 g/mol. The number of rotatable bonds is 6. The maximum atomic E-state index is 13.8. The molecule has 4 rings (SSSR count). The van der Waals surface area contributed by atoms with Crippen molar-refractivity contribution in [2.24, 2.45) is 5.92 Å². The lowest BCUT2D eigenvalue weighted by atomic mass is 9.96. The highest BCUT2D eigenvalue weighted by molar-refractivity contribution is 7.90. The first kappa shape index (κ1) is 26.5. The van der Waals surface area contributed by atoms with Crippen molar-refractivity contribution in [1.29, 1.82) is 0 Å². The molecule has 1 aromatic heterocycles. The van der Waals surface area contributed by atoms with Crippen molar-refractivity contribution in [3.63, 3.8) is 0 Å². The molecule has 2 aliphatic rings. The summed E-state index contributed by atoms with van der Waals surface area (Å²) in [6, 6.07) is 5.37. The fraction of sp³-hybridized carbons (Fsp3) is 0.667. The van der Waals surface area contributed by atoms with Gasteiger partial charge in [-0.05, 0) is 63.6 Å². The van der Waals surface area contributed by atoms with Crippen LogP contribution in [-0.2, 0) is 20.2 Å². The largest absolute Gasteiger partial charge is 0.378 e. The third-order valence-corrected chi connectivity index (χ3v) is 7.29. The van der Waals surface area contributed by atoms with Crippen molar-refractivity contribution >= 4 is 15.9 Å². The second kappa shape index (κ2) is 11.6. The van der Waals surface area contributed by atoms with E-state index in [1.807, 2.05) is 0 Å². The van der Waals surface area contributed by atoms with Gasteiger partial charge in [0.2, 0.25) is 5.82 Å². The zero-order valence-corrected chi connectivity index (χ0v) is 21.0. The standard InChI is InChI=1S/C17H28FN3O2.C7H7FO2S/c1-17(2,18)15-19-16(23-20-15)21-10-8-13(9-11-21)12-22-14-6-4-3-5-7-14;1-11(9,10)7-4-2-3-6(8)5-7/h13-14H,3-12H2,1-2H3;2-5H,1H3. The van der Waals surface area contributed by atoms with Crippen LogP contribution < -0.4 is 4.90 Å². The van der Waals surface area contributed by atoms with E-state index < -0.39 is 21.3 Å². The Bertz CT molecular complexity index is 1010. The molecule has 1 saturated carbocycles. The normalized spacial score (nSPS) is 18.4. The van der Waals surface area contributed by atoms with Gasteiger partial charge in [-0.25, -0.2) is 17.2 Å². The van der Waals surface area contributed by atoms with Crippen LogP contribution in [0.2, 0.25) is 0 Å². The van der Waals surface area contributed by atoms with Crippen LogP contribution in [0, 0.1) is 11.7 Å². The molecule has 0 bridgehead atoms. The van der Waals surface area contributed by atoms with Gasteiger partial charge in [-0.3, -0.25) is 0 Å². The summed E-state index contributed by atoms with van der Waals surface area (Å²) in [6.45, 7) is 5.48. The van der Waals surface area contributed by atoms with E-state index in [0.29, 0.717) is 18.0 Å². The molecule has 190 valence electrons.